The Balaban J connectivity index is 2.02. The summed E-state index contributed by atoms with van der Waals surface area (Å²) in [5.74, 6) is -0.460. The van der Waals surface area contributed by atoms with Crippen LogP contribution in [0.1, 0.15) is 27.6 Å². The monoisotopic (exact) mass is 353 g/mol. The Morgan fingerprint density at radius 3 is 2.70 bits per heavy atom. The molecule has 1 aliphatic heterocycles. The van der Waals surface area contributed by atoms with Gasteiger partial charge in [0, 0.05) is 37.8 Å². The molecule has 3 rings (SSSR count). The van der Waals surface area contributed by atoms with Crippen LogP contribution < -0.4 is 5.73 Å². The fourth-order valence-corrected chi connectivity index (χ4v) is 5.37. The number of nitrogens with two attached hydrogens (primary N) is 1. The summed E-state index contributed by atoms with van der Waals surface area (Å²) in [6.45, 7) is 0.828. The van der Waals surface area contributed by atoms with Crippen molar-refractivity contribution in [1.29, 1.82) is 0 Å². The van der Waals surface area contributed by atoms with Crippen molar-refractivity contribution in [3.05, 3.63) is 34.7 Å². The number of benzene rings is 1. The molecule has 0 spiro atoms. The molecule has 8 heteroatoms. The third-order valence-electron chi connectivity index (χ3n) is 4.20. The number of hydrogen-bond acceptors (Lipinski definition) is 4. The maximum atomic E-state index is 12.3. The summed E-state index contributed by atoms with van der Waals surface area (Å²) < 4.78 is 28.3. The lowest BCUT2D eigenvalue weighted by Crippen LogP contribution is -2.38. The zero-order chi connectivity index (χ0) is 16.8. The van der Waals surface area contributed by atoms with Gasteiger partial charge in [0.1, 0.15) is 0 Å². The van der Waals surface area contributed by atoms with Crippen LogP contribution in [0.5, 0.6) is 0 Å². The minimum atomic E-state index is -3.43. The van der Waals surface area contributed by atoms with Gasteiger partial charge in [-0.15, -0.1) is 11.3 Å². The second-order valence-corrected chi connectivity index (χ2v) is 9.03. The Hall–Kier alpha value is -1.48. The fourth-order valence-electron chi connectivity index (χ4n) is 3.06. The summed E-state index contributed by atoms with van der Waals surface area (Å²) in [6, 6.07) is 7.77. The molecule has 1 fully saturated rings. The average Bonchev–Trinajstić information content (AvgIpc) is 3.11. The van der Waals surface area contributed by atoms with Crippen molar-refractivity contribution < 1.29 is 13.2 Å². The van der Waals surface area contributed by atoms with Crippen molar-refractivity contribution in [1.82, 2.24) is 8.61 Å². The molecule has 0 aliphatic carbocycles. The van der Waals surface area contributed by atoms with Gasteiger partial charge in [-0.2, -0.15) is 17.0 Å². The zero-order valence-corrected chi connectivity index (χ0v) is 14.7. The minimum absolute atomic E-state index is 0.0108. The molecule has 2 aromatic rings. The van der Waals surface area contributed by atoms with E-state index in [-0.39, 0.29) is 5.92 Å². The Labute approximate surface area is 139 Å². The van der Waals surface area contributed by atoms with Crippen molar-refractivity contribution in [2.45, 2.75) is 12.3 Å². The van der Waals surface area contributed by atoms with Crippen LogP contribution in [-0.2, 0) is 10.2 Å². The van der Waals surface area contributed by atoms with Gasteiger partial charge in [0.2, 0.25) is 0 Å². The third kappa shape index (κ3) is 2.76. The van der Waals surface area contributed by atoms with Gasteiger partial charge in [0.15, 0.2) is 0 Å². The number of primary amides is 1. The maximum absolute atomic E-state index is 12.3. The Morgan fingerprint density at radius 1 is 1.35 bits per heavy atom. The van der Waals surface area contributed by atoms with Gasteiger partial charge < -0.3 is 5.73 Å². The summed E-state index contributed by atoms with van der Waals surface area (Å²) in [6.07, 6.45) is 0.689. The molecule has 0 bridgehead atoms. The van der Waals surface area contributed by atoms with E-state index in [1.165, 1.54) is 34.0 Å². The van der Waals surface area contributed by atoms with Crippen molar-refractivity contribution >= 4 is 37.5 Å². The quantitative estimate of drug-likeness (QED) is 0.906. The number of nitrogens with zero attached hydrogens (tertiary/aromatic N) is 2. The topological polar surface area (TPSA) is 83.7 Å². The van der Waals surface area contributed by atoms with Gasteiger partial charge in [0.05, 0.1) is 4.88 Å². The molecule has 124 valence electrons. The number of fused-ring (bicyclic) bond motifs is 1. The van der Waals surface area contributed by atoms with Gasteiger partial charge in [-0.1, -0.05) is 18.2 Å². The van der Waals surface area contributed by atoms with Crippen LogP contribution in [0.15, 0.2) is 24.3 Å². The van der Waals surface area contributed by atoms with Crippen molar-refractivity contribution in [2.24, 2.45) is 5.73 Å². The molecular formula is C15H19N3O3S2. The summed E-state index contributed by atoms with van der Waals surface area (Å²) >= 11 is 1.38. The first-order chi connectivity index (χ1) is 10.8. The predicted octanol–water partition coefficient (Wildman–Crippen LogP) is 1.60. The molecule has 1 aromatic carbocycles. The molecule has 1 saturated heterocycles. The number of carbonyl (C=O) groups is 1. The van der Waals surface area contributed by atoms with E-state index in [1.807, 2.05) is 24.3 Å². The lowest BCUT2D eigenvalue weighted by Gasteiger charge is -2.21. The molecule has 1 aliphatic rings. The van der Waals surface area contributed by atoms with E-state index in [1.54, 1.807) is 0 Å². The highest BCUT2D eigenvalue weighted by Gasteiger charge is 2.36. The number of carbonyl (C=O) groups excluding carboxylic acids is 1. The number of hydrogen-bond donors (Lipinski definition) is 1. The second-order valence-electron chi connectivity index (χ2n) is 5.84. The highest BCUT2D eigenvalue weighted by atomic mass is 32.2. The molecule has 6 nitrogen and oxygen atoms in total. The highest BCUT2D eigenvalue weighted by Crippen LogP contribution is 2.40. The van der Waals surface area contributed by atoms with E-state index in [4.69, 9.17) is 5.73 Å². The molecule has 0 unspecified atom stereocenters. The highest BCUT2D eigenvalue weighted by molar-refractivity contribution is 7.86. The predicted molar refractivity (Wildman–Crippen MR) is 91.9 cm³/mol. The zero-order valence-electron chi connectivity index (χ0n) is 13.0. The van der Waals surface area contributed by atoms with Gasteiger partial charge >= 0.3 is 0 Å². The molecule has 23 heavy (non-hydrogen) atoms. The molecule has 1 amide bonds. The lowest BCUT2D eigenvalue weighted by molar-refractivity contribution is 0.100. The molecular weight excluding hydrogens is 334 g/mol. The summed E-state index contributed by atoms with van der Waals surface area (Å²) in [7, 11) is -0.383. The molecule has 2 N–H and O–H groups in total. The largest absolute Gasteiger partial charge is 0.365 e. The first-order valence-electron chi connectivity index (χ1n) is 7.31. The van der Waals surface area contributed by atoms with Crippen LogP contribution in [-0.4, -0.2) is 50.1 Å². The van der Waals surface area contributed by atoms with Crippen LogP contribution in [0.25, 0.3) is 10.1 Å². The van der Waals surface area contributed by atoms with Crippen molar-refractivity contribution in [3.8, 4) is 0 Å². The van der Waals surface area contributed by atoms with Crippen LogP contribution in [0, 0.1) is 0 Å². The van der Waals surface area contributed by atoms with Gasteiger partial charge in [0.25, 0.3) is 16.1 Å². The second kappa shape index (κ2) is 5.86. The van der Waals surface area contributed by atoms with E-state index < -0.39 is 16.1 Å². The maximum Gasteiger partial charge on any atom is 0.281 e. The lowest BCUT2D eigenvalue weighted by atomic mass is 9.95. The van der Waals surface area contributed by atoms with Crippen molar-refractivity contribution in [3.63, 3.8) is 0 Å². The SMILES string of the molecule is CN(C)S(=O)(=O)N1CC[C@@H](c2c(C(N)=O)sc3ccccc23)C1. The molecule has 0 radical (unpaired) electrons. The molecule has 1 aromatic heterocycles. The average molecular weight is 353 g/mol. The fraction of sp³-hybridized carbons (Fsp3) is 0.400. The van der Waals surface area contributed by atoms with E-state index >= 15 is 0 Å². The van der Waals surface area contributed by atoms with E-state index in [9.17, 15) is 13.2 Å². The first-order valence-corrected chi connectivity index (χ1v) is 9.52. The van der Waals surface area contributed by atoms with Crippen LogP contribution in [0.4, 0.5) is 0 Å². The van der Waals surface area contributed by atoms with E-state index in [2.05, 4.69) is 0 Å². The van der Waals surface area contributed by atoms with E-state index in [0.29, 0.717) is 24.4 Å². The Bertz CT molecular complexity index is 858. The Morgan fingerprint density at radius 2 is 2.04 bits per heavy atom. The van der Waals surface area contributed by atoms with Gasteiger partial charge in [-0.3, -0.25) is 4.79 Å². The van der Waals surface area contributed by atoms with Crippen LogP contribution in [0.2, 0.25) is 0 Å². The number of rotatable bonds is 4. The minimum Gasteiger partial charge on any atom is -0.365 e. The van der Waals surface area contributed by atoms with Crippen molar-refractivity contribution in [2.75, 3.05) is 27.2 Å². The van der Waals surface area contributed by atoms with Gasteiger partial charge in [-0.25, -0.2) is 0 Å². The summed E-state index contributed by atoms with van der Waals surface area (Å²) in [5, 5.41) is 1.00. The van der Waals surface area contributed by atoms with Crippen LogP contribution >= 0.6 is 11.3 Å². The summed E-state index contributed by atoms with van der Waals surface area (Å²) in [4.78, 5) is 12.4. The van der Waals surface area contributed by atoms with E-state index in [0.717, 1.165) is 15.6 Å². The standard InChI is InChI=1S/C15H19N3O3S2/c1-17(2)23(20,21)18-8-7-10(9-18)13-11-5-3-4-6-12(11)22-14(13)15(16)19/h3-6,10H,7-9H2,1-2H3,(H2,16,19)/t10-/m1/s1. The normalized spacial score (nSPS) is 19.7. The Kier molecular flexibility index (Phi) is 4.18. The number of thiophene rings is 1. The number of amides is 1. The smallest absolute Gasteiger partial charge is 0.281 e. The molecule has 0 saturated carbocycles. The van der Waals surface area contributed by atoms with Gasteiger partial charge in [-0.05, 0) is 23.4 Å². The summed E-state index contributed by atoms with van der Waals surface area (Å²) in [5.41, 5.74) is 6.44. The first kappa shape index (κ1) is 16.4. The molecule has 2 heterocycles. The third-order valence-corrected chi connectivity index (χ3v) is 7.31. The van der Waals surface area contributed by atoms with Crippen LogP contribution in [0.3, 0.4) is 0 Å². The molecule has 1 atom stereocenters.